The van der Waals surface area contributed by atoms with Crippen molar-refractivity contribution >= 4 is 11.6 Å². The van der Waals surface area contributed by atoms with Crippen LogP contribution in [0.1, 0.15) is 41.6 Å². The van der Waals surface area contributed by atoms with Gasteiger partial charge in [-0.1, -0.05) is 12.5 Å². The van der Waals surface area contributed by atoms with Crippen LogP contribution in [0, 0.1) is 28.9 Å². The predicted molar refractivity (Wildman–Crippen MR) is 74.5 cm³/mol. The van der Waals surface area contributed by atoms with Crippen LogP contribution in [-0.4, -0.2) is 16.9 Å². The zero-order valence-electron chi connectivity index (χ0n) is 11.5. The maximum Gasteiger partial charge on any atom is 0.273 e. The van der Waals surface area contributed by atoms with Gasteiger partial charge in [0.1, 0.15) is 0 Å². The van der Waals surface area contributed by atoms with Crippen LogP contribution in [0.15, 0.2) is 18.2 Å². The summed E-state index contributed by atoms with van der Waals surface area (Å²) in [6.45, 7) is 1.63. The first kappa shape index (κ1) is 13.1. The van der Waals surface area contributed by atoms with Crippen molar-refractivity contribution < 1.29 is 9.72 Å². The van der Waals surface area contributed by atoms with E-state index in [1.54, 1.807) is 19.1 Å². The smallest absolute Gasteiger partial charge is 0.273 e. The van der Waals surface area contributed by atoms with Crippen LogP contribution in [-0.2, 0) is 0 Å². The summed E-state index contributed by atoms with van der Waals surface area (Å²) in [4.78, 5) is 22.8. The van der Waals surface area contributed by atoms with Crippen molar-refractivity contribution in [2.24, 2.45) is 11.8 Å². The molecule has 0 spiro atoms. The van der Waals surface area contributed by atoms with Gasteiger partial charge >= 0.3 is 0 Å². The fourth-order valence-electron chi connectivity index (χ4n) is 3.73. The lowest BCUT2D eigenvalue weighted by molar-refractivity contribution is -0.385. The third-order valence-corrected chi connectivity index (χ3v) is 4.80. The van der Waals surface area contributed by atoms with E-state index in [-0.39, 0.29) is 17.6 Å². The standard InChI is InChI=1S/C15H18N2O3/c1-9-12(3-2-4-14(9)17(19)20)15(18)16-13-8-10-5-6-11(13)7-10/h2-4,10-11,13H,5-8H2,1H3,(H,16,18)/t10-,11-,13-/m0/s1. The Hall–Kier alpha value is -1.91. The molecule has 2 aliphatic carbocycles. The molecular formula is C15H18N2O3. The van der Waals surface area contributed by atoms with Gasteiger partial charge in [-0.2, -0.15) is 0 Å². The summed E-state index contributed by atoms with van der Waals surface area (Å²) in [6, 6.07) is 4.91. The molecule has 0 aromatic heterocycles. The van der Waals surface area contributed by atoms with Crippen molar-refractivity contribution in [1.29, 1.82) is 0 Å². The second-order valence-corrected chi connectivity index (χ2v) is 5.96. The average molecular weight is 274 g/mol. The molecule has 1 aromatic carbocycles. The average Bonchev–Trinajstić information content (AvgIpc) is 3.00. The molecule has 3 atom stereocenters. The number of hydrogen-bond acceptors (Lipinski definition) is 3. The van der Waals surface area contributed by atoms with Crippen LogP contribution in [0.5, 0.6) is 0 Å². The molecule has 1 N–H and O–H groups in total. The van der Waals surface area contributed by atoms with E-state index in [4.69, 9.17) is 0 Å². The third kappa shape index (κ3) is 2.17. The minimum absolute atomic E-state index is 0.00518. The lowest BCUT2D eigenvalue weighted by atomic mass is 9.95. The second kappa shape index (κ2) is 4.89. The Balaban J connectivity index is 1.77. The summed E-state index contributed by atoms with van der Waals surface area (Å²) >= 11 is 0. The molecule has 2 saturated carbocycles. The zero-order valence-corrected chi connectivity index (χ0v) is 11.5. The van der Waals surface area contributed by atoms with Gasteiger partial charge in [-0.25, -0.2) is 0 Å². The highest BCUT2D eigenvalue weighted by Gasteiger charge is 2.40. The van der Waals surface area contributed by atoms with Gasteiger partial charge in [0, 0.05) is 23.2 Å². The Morgan fingerprint density at radius 3 is 2.75 bits per heavy atom. The SMILES string of the molecule is Cc1c(C(=O)N[C@H]2C[C@H]3CC[C@H]2C3)cccc1[N+](=O)[O-]. The van der Waals surface area contributed by atoms with E-state index < -0.39 is 4.92 Å². The summed E-state index contributed by atoms with van der Waals surface area (Å²) < 4.78 is 0. The molecule has 3 rings (SSSR count). The molecule has 5 nitrogen and oxygen atoms in total. The first-order valence-electron chi connectivity index (χ1n) is 7.11. The van der Waals surface area contributed by atoms with Crippen molar-refractivity contribution in [3.8, 4) is 0 Å². The van der Waals surface area contributed by atoms with Crippen LogP contribution in [0.3, 0.4) is 0 Å². The number of amides is 1. The van der Waals surface area contributed by atoms with Gasteiger partial charge in [0.15, 0.2) is 0 Å². The normalized spacial score (nSPS) is 27.6. The largest absolute Gasteiger partial charge is 0.349 e. The topological polar surface area (TPSA) is 72.2 Å². The van der Waals surface area contributed by atoms with E-state index in [0.717, 1.165) is 12.3 Å². The molecule has 2 bridgehead atoms. The van der Waals surface area contributed by atoms with Gasteiger partial charge in [-0.05, 0) is 44.1 Å². The number of nitro groups is 1. The summed E-state index contributed by atoms with van der Waals surface area (Å²) in [6.07, 6.45) is 4.76. The van der Waals surface area contributed by atoms with Gasteiger partial charge in [-0.3, -0.25) is 14.9 Å². The fourth-order valence-corrected chi connectivity index (χ4v) is 3.73. The number of nitrogens with one attached hydrogen (secondary N) is 1. The maximum atomic E-state index is 12.3. The van der Waals surface area contributed by atoms with E-state index >= 15 is 0 Å². The van der Waals surface area contributed by atoms with Crippen molar-refractivity contribution in [3.05, 3.63) is 39.4 Å². The number of benzene rings is 1. The highest BCUT2D eigenvalue weighted by atomic mass is 16.6. The van der Waals surface area contributed by atoms with Crippen molar-refractivity contribution in [1.82, 2.24) is 5.32 Å². The van der Waals surface area contributed by atoms with Gasteiger partial charge in [0.2, 0.25) is 0 Å². The molecule has 0 saturated heterocycles. The Kier molecular flexibility index (Phi) is 3.20. The number of nitro benzene ring substituents is 1. The van der Waals surface area contributed by atoms with Crippen molar-refractivity contribution in [2.75, 3.05) is 0 Å². The first-order chi connectivity index (χ1) is 9.56. The number of carbonyl (C=O) groups is 1. The number of hydrogen-bond donors (Lipinski definition) is 1. The Morgan fingerprint density at radius 1 is 1.35 bits per heavy atom. The van der Waals surface area contributed by atoms with Crippen LogP contribution in [0.25, 0.3) is 0 Å². The minimum Gasteiger partial charge on any atom is -0.349 e. The van der Waals surface area contributed by atoms with E-state index in [1.807, 2.05) is 0 Å². The molecule has 2 fully saturated rings. The van der Waals surface area contributed by atoms with Crippen LogP contribution in [0.2, 0.25) is 0 Å². The number of rotatable bonds is 3. The Labute approximate surface area is 117 Å². The fraction of sp³-hybridized carbons (Fsp3) is 0.533. The van der Waals surface area contributed by atoms with E-state index in [1.165, 1.54) is 25.3 Å². The minimum atomic E-state index is -0.441. The molecule has 0 heterocycles. The number of carbonyl (C=O) groups excluding carboxylic acids is 1. The van der Waals surface area contributed by atoms with Gasteiger partial charge in [0.05, 0.1) is 4.92 Å². The van der Waals surface area contributed by atoms with Gasteiger partial charge < -0.3 is 5.32 Å². The molecule has 1 aromatic rings. The van der Waals surface area contributed by atoms with E-state index in [2.05, 4.69) is 5.32 Å². The molecule has 0 aliphatic heterocycles. The molecule has 1 amide bonds. The zero-order chi connectivity index (χ0) is 14.3. The highest BCUT2D eigenvalue weighted by molar-refractivity contribution is 5.96. The van der Waals surface area contributed by atoms with Crippen LogP contribution < -0.4 is 5.32 Å². The number of nitrogens with zero attached hydrogens (tertiary/aromatic N) is 1. The monoisotopic (exact) mass is 274 g/mol. The van der Waals surface area contributed by atoms with E-state index in [0.29, 0.717) is 17.0 Å². The Morgan fingerprint density at radius 2 is 2.15 bits per heavy atom. The van der Waals surface area contributed by atoms with Crippen LogP contribution in [0.4, 0.5) is 5.69 Å². The molecule has 5 heteroatoms. The van der Waals surface area contributed by atoms with Crippen molar-refractivity contribution in [3.63, 3.8) is 0 Å². The van der Waals surface area contributed by atoms with Gasteiger partial charge in [-0.15, -0.1) is 0 Å². The first-order valence-corrected chi connectivity index (χ1v) is 7.11. The summed E-state index contributed by atoms with van der Waals surface area (Å²) in [5, 5.41) is 14.0. The van der Waals surface area contributed by atoms with Gasteiger partial charge in [0.25, 0.3) is 11.6 Å². The lowest BCUT2D eigenvalue weighted by Gasteiger charge is -2.23. The molecule has 0 radical (unpaired) electrons. The predicted octanol–water partition coefficient (Wildman–Crippen LogP) is 2.82. The second-order valence-electron chi connectivity index (χ2n) is 5.96. The van der Waals surface area contributed by atoms with E-state index in [9.17, 15) is 14.9 Å². The maximum absolute atomic E-state index is 12.3. The summed E-state index contributed by atoms with van der Waals surface area (Å²) in [5.41, 5.74) is 0.866. The molecule has 20 heavy (non-hydrogen) atoms. The Bertz CT molecular complexity index is 570. The summed E-state index contributed by atoms with van der Waals surface area (Å²) in [5.74, 6) is 1.18. The quantitative estimate of drug-likeness (QED) is 0.680. The molecule has 0 unspecified atom stereocenters. The lowest BCUT2D eigenvalue weighted by Crippen LogP contribution is -2.38. The molecule has 106 valence electrons. The van der Waals surface area contributed by atoms with Crippen molar-refractivity contribution in [2.45, 2.75) is 38.6 Å². The van der Waals surface area contributed by atoms with Crippen LogP contribution >= 0.6 is 0 Å². The highest BCUT2D eigenvalue weighted by Crippen LogP contribution is 2.44. The number of fused-ring (bicyclic) bond motifs is 2. The molecule has 2 aliphatic rings. The summed E-state index contributed by atoms with van der Waals surface area (Å²) in [7, 11) is 0. The molecular weight excluding hydrogens is 256 g/mol. The third-order valence-electron chi connectivity index (χ3n) is 4.80.